The Morgan fingerprint density at radius 1 is 1.24 bits per heavy atom. The van der Waals surface area contributed by atoms with Gasteiger partial charge in [-0.3, -0.25) is 9.59 Å². The summed E-state index contributed by atoms with van der Waals surface area (Å²) >= 11 is 1.56. The average molecular weight is 362 g/mol. The van der Waals surface area contributed by atoms with Crippen LogP contribution in [0.15, 0.2) is 40.0 Å². The molecule has 2 aromatic rings. The minimum atomic E-state index is -0.826. The average Bonchev–Trinajstić information content (AvgIpc) is 3.32. The van der Waals surface area contributed by atoms with Gasteiger partial charge in [-0.1, -0.05) is 0 Å². The van der Waals surface area contributed by atoms with Gasteiger partial charge in [-0.05, 0) is 24.3 Å². The van der Waals surface area contributed by atoms with Crippen LogP contribution >= 0.6 is 11.3 Å². The molecule has 2 aromatic heterocycles. The van der Waals surface area contributed by atoms with Gasteiger partial charge in [-0.25, -0.2) is 5.43 Å². The number of rotatable bonds is 5. The Kier molecular flexibility index (Phi) is 5.81. The van der Waals surface area contributed by atoms with E-state index < -0.39 is 11.8 Å². The lowest BCUT2D eigenvalue weighted by atomic mass is 10.4. The number of carbonyl (C=O) groups is 2. The molecule has 1 aliphatic heterocycles. The van der Waals surface area contributed by atoms with Crippen LogP contribution < -0.4 is 15.6 Å². The number of furan rings is 1. The summed E-state index contributed by atoms with van der Waals surface area (Å²) in [6, 6.07) is 7.34. The molecular weight excluding hydrogens is 344 g/mol. The fraction of sp³-hybridized carbons (Fsp3) is 0.312. The summed E-state index contributed by atoms with van der Waals surface area (Å²) in [4.78, 5) is 26.4. The molecule has 3 heterocycles. The van der Waals surface area contributed by atoms with Crippen molar-refractivity contribution < 1.29 is 18.7 Å². The number of carbonyl (C=O) groups excluding carboxylic acids is 2. The Hall–Kier alpha value is -2.65. The summed E-state index contributed by atoms with van der Waals surface area (Å²) in [5, 5.41) is 7.40. The van der Waals surface area contributed by atoms with E-state index in [-0.39, 0.29) is 6.54 Å². The van der Waals surface area contributed by atoms with Gasteiger partial charge in [-0.15, -0.1) is 11.3 Å². The van der Waals surface area contributed by atoms with Crippen molar-refractivity contribution in [3.63, 3.8) is 0 Å². The first-order valence-corrected chi connectivity index (χ1v) is 8.60. The van der Waals surface area contributed by atoms with E-state index in [4.69, 9.17) is 9.15 Å². The molecule has 132 valence electrons. The lowest BCUT2D eigenvalue weighted by molar-refractivity contribution is -0.139. The molecular formula is C16H18N4O4S. The van der Waals surface area contributed by atoms with Crippen LogP contribution in [0.2, 0.25) is 0 Å². The van der Waals surface area contributed by atoms with E-state index in [1.165, 1.54) is 12.5 Å². The molecule has 1 saturated heterocycles. The van der Waals surface area contributed by atoms with Crippen LogP contribution in [0.25, 0.3) is 0 Å². The van der Waals surface area contributed by atoms with Crippen molar-refractivity contribution in [3.8, 4) is 0 Å². The molecule has 1 aliphatic rings. The van der Waals surface area contributed by atoms with Gasteiger partial charge >= 0.3 is 11.8 Å². The third kappa shape index (κ3) is 4.91. The lowest BCUT2D eigenvalue weighted by Gasteiger charge is -2.27. The molecule has 0 spiro atoms. The number of hydrogen-bond acceptors (Lipinski definition) is 7. The van der Waals surface area contributed by atoms with Gasteiger partial charge in [0.2, 0.25) is 0 Å². The molecule has 0 bridgehead atoms. The van der Waals surface area contributed by atoms with Crippen molar-refractivity contribution >= 4 is 34.4 Å². The molecule has 3 rings (SSSR count). The molecule has 9 heteroatoms. The van der Waals surface area contributed by atoms with Crippen molar-refractivity contribution in [2.45, 2.75) is 6.54 Å². The van der Waals surface area contributed by atoms with Crippen molar-refractivity contribution in [3.05, 3.63) is 41.2 Å². The van der Waals surface area contributed by atoms with Gasteiger partial charge in [0.05, 0.1) is 37.2 Å². The molecule has 1 fully saturated rings. The van der Waals surface area contributed by atoms with Crippen molar-refractivity contribution in [2.75, 3.05) is 31.2 Å². The number of hydrazone groups is 1. The van der Waals surface area contributed by atoms with Gasteiger partial charge < -0.3 is 19.4 Å². The summed E-state index contributed by atoms with van der Waals surface area (Å²) < 4.78 is 10.4. The Labute approximate surface area is 148 Å². The minimum Gasteiger partial charge on any atom is -0.467 e. The molecule has 2 N–H and O–H groups in total. The molecule has 0 atom stereocenters. The normalized spacial score (nSPS) is 14.6. The molecule has 2 amide bonds. The number of nitrogens with zero attached hydrogens (tertiary/aromatic N) is 2. The third-order valence-electron chi connectivity index (χ3n) is 3.50. The number of morpholine rings is 1. The van der Waals surface area contributed by atoms with Crippen molar-refractivity contribution in [1.29, 1.82) is 0 Å². The van der Waals surface area contributed by atoms with Gasteiger partial charge in [0.1, 0.15) is 5.76 Å². The van der Waals surface area contributed by atoms with Crippen molar-refractivity contribution in [2.24, 2.45) is 5.10 Å². The van der Waals surface area contributed by atoms with E-state index in [1.807, 2.05) is 12.1 Å². The summed E-state index contributed by atoms with van der Waals surface area (Å²) in [6.45, 7) is 3.33. The van der Waals surface area contributed by atoms with E-state index in [0.717, 1.165) is 36.2 Å². The Morgan fingerprint density at radius 3 is 2.84 bits per heavy atom. The van der Waals surface area contributed by atoms with Crippen LogP contribution in [0.4, 0.5) is 5.00 Å². The SMILES string of the molecule is O=C(NCc1ccco1)C(=O)N/N=C\c1ccc(N2CCOCC2)s1. The maximum absolute atomic E-state index is 11.7. The first-order chi connectivity index (χ1) is 12.2. The molecule has 0 saturated carbocycles. The van der Waals surface area contributed by atoms with Crippen LogP contribution in [0.3, 0.4) is 0 Å². The summed E-state index contributed by atoms with van der Waals surface area (Å²) in [7, 11) is 0. The van der Waals surface area contributed by atoms with Crippen LogP contribution in [0.5, 0.6) is 0 Å². The Morgan fingerprint density at radius 2 is 2.08 bits per heavy atom. The molecule has 0 radical (unpaired) electrons. The molecule has 0 aliphatic carbocycles. The first-order valence-electron chi connectivity index (χ1n) is 7.78. The second kappa shape index (κ2) is 8.45. The fourth-order valence-corrected chi connectivity index (χ4v) is 3.16. The minimum absolute atomic E-state index is 0.150. The molecule has 0 unspecified atom stereocenters. The van der Waals surface area contributed by atoms with Gasteiger partial charge in [0, 0.05) is 18.0 Å². The highest BCUT2D eigenvalue weighted by Crippen LogP contribution is 2.25. The second-order valence-electron chi connectivity index (χ2n) is 5.24. The monoisotopic (exact) mass is 362 g/mol. The maximum Gasteiger partial charge on any atom is 0.329 e. The van der Waals surface area contributed by atoms with Gasteiger partial charge in [-0.2, -0.15) is 5.10 Å². The maximum atomic E-state index is 11.7. The number of nitrogens with one attached hydrogen (secondary N) is 2. The van der Waals surface area contributed by atoms with Gasteiger partial charge in [0.25, 0.3) is 0 Å². The highest BCUT2D eigenvalue weighted by molar-refractivity contribution is 7.17. The topological polar surface area (TPSA) is 96.2 Å². The highest BCUT2D eigenvalue weighted by atomic mass is 32.1. The van der Waals surface area contributed by atoms with Crippen LogP contribution in [-0.4, -0.2) is 44.3 Å². The second-order valence-corrected chi connectivity index (χ2v) is 6.33. The number of thiophene rings is 1. The summed E-state index contributed by atoms with van der Waals surface area (Å²) in [5.74, 6) is -1.03. The van der Waals surface area contributed by atoms with E-state index in [0.29, 0.717) is 5.76 Å². The predicted molar refractivity (Wildman–Crippen MR) is 93.6 cm³/mol. The number of amides is 2. The highest BCUT2D eigenvalue weighted by Gasteiger charge is 2.14. The van der Waals surface area contributed by atoms with Crippen LogP contribution in [-0.2, 0) is 20.9 Å². The van der Waals surface area contributed by atoms with Crippen LogP contribution in [0, 0.1) is 0 Å². The van der Waals surface area contributed by atoms with Crippen molar-refractivity contribution in [1.82, 2.24) is 10.7 Å². The molecule has 0 aromatic carbocycles. The smallest absolute Gasteiger partial charge is 0.329 e. The van der Waals surface area contributed by atoms with Crippen LogP contribution in [0.1, 0.15) is 10.6 Å². The van der Waals surface area contributed by atoms with E-state index in [9.17, 15) is 9.59 Å². The zero-order valence-electron chi connectivity index (χ0n) is 13.4. The zero-order valence-corrected chi connectivity index (χ0v) is 14.3. The largest absolute Gasteiger partial charge is 0.467 e. The zero-order chi connectivity index (χ0) is 17.5. The standard InChI is InChI=1S/C16H18N4O4S/c21-15(17-10-12-2-1-7-24-12)16(22)19-18-11-13-3-4-14(25-13)20-5-8-23-9-6-20/h1-4,7,11H,5-6,8-10H2,(H,17,21)(H,19,22)/b18-11-. The van der Waals surface area contributed by atoms with Gasteiger partial charge in [0.15, 0.2) is 0 Å². The summed E-state index contributed by atoms with van der Waals surface area (Å²) in [6.07, 6.45) is 3.02. The first kappa shape index (κ1) is 17.2. The summed E-state index contributed by atoms with van der Waals surface area (Å²) in [5.41, 5.74) is 2.21. The number of anilines is 1. The van der Waals surface area contributed by atoms with E-state index >= 15 is 0 Å². The number of hydrogen-bond donors (Lipinski definition) is 2. The lowest BCUT2D eigenvalue weighted by Crippen LogP contribution is -2.37. The van der Waals surface area contributed by atoms with E-state index in [1.54, 1.807) is 23.5 Å². The van der Waals surface area contributed by atoms with E-state index in [2.05, 4.69) is 20.7 Å². The Balaban J connectivity index is 1.45. The predicted octanol–water partition coefficient (Wildman–Crippen LogP) is 0.944. The third-order valence-corrected chi connectivity index (χ3v) is 4.58. The molecule has 25 heavy (non-hydrogen) atoms. The fourth-order valence-electron chi connectivity index (χ4n) is 2.23. The number of ether oxygens (including phenoxy) is 1. The Bertz CT molecular complexity index is 735. The quantitative estimate of drug-likeness (QED) is 0.469. The molecule has 8 nitrogen and oxygen atoms in total.